The van der Waals surface area contributed by atoms with Crippen molar-refractivity contribution < 1.29 is 23.5 Å². The molecule has 0 spiro atoms. The molecule has 0 saturated heterocycles. The highest BCUT2D eigenvalue weighted by molar-refractivity contribution is 6.30. The minimum atomic E-state index is -0.560. The summed E-state index contributed by atoms with van der Waals surface area (Å²) >= 11 is 5.90. The number of hydrogen-bond acceptors (Lipinski definition) is 4. The molecule has 0 aliphatic rings. The lowest BCUT2D eigenvalue weighted by molar-refractivity contribution is -0.129. The Bertz CT molecular complexity index is 753. The fourth-order valence-electron chi connectivity index (χ4n) is 1.96. The van der Waals surface area contributed by atoms with Crippen molar-refractivity contribution in [2.75, 3.05) is 13.7 Å². The van der Waals surface area contributed by atoms with Gasteiger partial charge in [-0.1, -0.05) is 11.6 Å². The summed E-state index contributed by atoms with van der Waals surface area (Å²) in [6, 6.07) is 10.1. The standard InChI is InChI=1S/C17H16ClFN2O4/c1-24-15-7-2-12(18)8-11(15)9-16(22)20-21-17(23)10-25-14-5-3-13(19)4-6-14/h2-8H,9-10H2,1H3,(H,20,22)(H,21,23). The molecule has 0 aliphatic carbocycles. The second-order valence-electron chi connectivity index (χ2n) is 4.97. The van der Waals surface area contributed by atoms with Gasteiger partial charge in [-0.15, -0.1) is 0 Å². The van der Waals surface area contributed by atoms with Gasteiger partial charge in [0.15, 0.2) is 6.61 Å². The summed E-state index contributed by atoms with van der Waals surface area (Å²) in [6.07, 6.45) is -0.0250. The SMILES string of the molecule is COc1ccc(Cl)cc1CC(=O)NNC(=O)COc1ccc(F)cc1. The average molecular weight is 367 g/mol. The lowest BCUT2D eigenvalue weighted by Crippen LogP contribution is -2.44. The van der Waals surface area contributed by atoms with Crippen LogP contribution < -0.4 is 20.3 Å². The monoisotopic (exact) mass is 366 g/mol. The number of methoxy groups -OCH3 is 1. The van der Waals surface area contributed by atoms with Crippen LogP contribution in [-0.2, 0) is 16.0 Å². The Balaban J connectivity index is 1.78. The first-order valence-electron chi connectivity index (χ1n) is 7.26. The van der Waals surface area contributed by atoms with E-state index in [1.807, 2.05) is 0 Å². The third kappa shape index (κ3) is 5.96. The van der Waals surface area contributed by atoms with Gasteiger partial charge in [0.1, 0.15) is 17.3 Å². The van der Waals surface area contributed by atoms with E-state index in [9.17, 15) is 14.0 Å². The van der Waals surface area contributed by atoms with Crippen molar-refractivity contribution in [1.82, 2.24) is 10.9 Å². The fraction of sp³-hybridized carbons (Fsp3) is 0.176. The van der Waals surface area contributed by atoms with Crippen molar-refractivity contribution in [3.05, 3.63) is 58.9 Å². The van der Waals surface area contributed by atoms with Crippen LogP contribution >= 0.6 is 11.6 Å². The van der Waals surface area contributed by atoms with Gasteiger partial charge < -0.3 is 9.47 Å². The highest BCUT2D eigenvalue weighted by Gasteiger charge is 2.11. The van der Waals surface area contributed by atoms with Crippen LogP contribution in [-0.4, -0.2) is 25.5 Å². The van der Waals surface area contributed by atoms with Gasteiger partial charge in [0.2, 0.25) is 5.91 Å². The molecule has 0 atom stereocenters. The summed E-state index contributed by atoms with van der Waals surface area (Å²) in [5.41, 5.74) is 5.08. The maximum absolute atomic E-state index is 12.8. The van der Waals surface area contributed by atoms with Gasteiger partial charge in [-0.05, 0) is 42.5 Å². The van der Waals surface area contributed by atoms with E-state index >= 15 is 0 Å². The Morgan fingerprint density at radius 3 is 2.44 bits per heavy atom. The molecule has 2 amide bonds. The largest absolute Gasteiger partial charge is 0.496 e. The van der Waals surface area contributed by atoms with Crippen molar-refractivity contribution in [2.45, 2.75) is 6.42 Å². The molecule has 25 heavy (non-hydrogen) atoms. The highest BCUT2D eigenvalue weighted by atomic mass is 35.5. The van der Waals surface area contributed by atoms with Gasteiger partial charge in [-0.3, -0.25) is 20.4 Å². The lowest BCUT2D eigenvalue weighted by Gasteiger charge is -2.11. The predicted molar refractivity (Wildman–Crippen MR) is 89.9 cm³/mol. The molecule has 0 saturated carbocycles. The van der Waals surface area contributed by atoms with Crippen LogP contribution in [0.25, 0.3) is 0 Å². The zero-order valence-corrected chi connectivity index (χ0v) is 14.1. The molecule has 0 bridgehead atoms. The Labute approximate surface area is 148 Å². The van der Waals surface area contributed by atoms with E-state index in [-0.39, 0.29) is 13.0 Å². The Morgan fingerprint density at radius 2 is 1.76 bits per heavy atom. The fourth-order valence-corrected chi connectivity index (χ4v) is 2.15. The molecule has 2 aromatic carbocycles. The quantitative estimate of drug-likeness (QED) is 0.769. The maximum Gasteiger partial charge on any atom is 0.276 e. The van der Waals surface area contributed by atoms with E-state index in [4.69, 9.17) is 21.1 Å². The van der Waals surface area contributed by atoms with Gasteiger partial charge in [0, 0.05) is 10.6 Å². The average Bonchev–Trinajstić information content (AvgIpc) is 2.59. The van der Waals surface area contributed by atoms with Gasteiger partial charge in [-0.2, -0.15) is 0 Å². The summed E-state index contributed by atoms with van der Waals surface area (Å²) in [7, 11) is 1.49. The molecule has 6 nitrogen and oxygen atoms in total. The molecule has 0 fully saturated rings. The Morgan fingerprint density at radius 1 is 1.08 bits per heavy atom. The van der Waals surface area contributed by atoms with Crippen LogP contribution in [0.5, 0.6) is 11.5 Å². The third-order valence-corrected chi connectivity index (χ3v) is 3.35. The van der Waals surface area contributed by atoms with E-state index in [0.717, 1.165) is 0 Å². The molecule has 0 heterocycles. The molecular weight excluding hydrogens is 351 g/mol. The molecule has 0 unspecified atom stereocenters. The van der Waals surface area contributed by atoms with Crippen molar-refractivity contribution in [1.29, 1.82) is 0 Å². The molecular formula is C17H16ClFN2O4. The normalized spacial score (nSPS) is 10.0. The number of hydrazine groups is 1. The Kier molecular flexibility index (Phi) is 6.59. The maximum atomic E-state index is 12.8. The third-order valence-electron chi connectivity index (χ3n) is 3.12. The number of halogens is 2. The first-order chi connectivity index (χ1) is 12.0. The summed E-state index contributed by atoms with van der Waals surface area (Å²) in [5.74, 6) is -0.552. The van der Waals surface area contributed by atoms with Gasteiger partial charge in [0.05, 0.1) is 13.5 Å². The second kappa shape index (κ2) is 8.89. The van der Waals surface area contributed by atoms with E-state index in [1.165, 1.54) is 31.4 Å². The van der Waals surface area contributed by atoms with E-state index in [0.29, 0.717) is 22.1 Å². The minimum Gasteiger partial charge on any atom is -0.496 e. The van der Waals surface area contributed by atoms with Crippen LogP contribution in [0.3, 0.4) is 0 Å². The van der Waals surface area contributed by atoms with E-state index in [1.54, 1.807) is 18.2 Å². The number of amides is 2. The van der Waals surface area contributed by atoms with Crippen LogP contribution in [0.2, 0.25) is 5.02 Å². The lowest BCUT2D eigenvalue weighted by atomic mass is 10.1. The van der Waals surface area contributed by atoms with Crippen LogP contribution in [0, 0.1) is 5.82 Å². The predicted octanol–water partition coefficient (Wildman–Crippen LogP) is 2.26. The van der Waals surface area contributed by atoms with E-state index in [2.05, 4.69) is 10.9 Å². The van der Waals surface area contributed by atoms with Crippen LogP contribution in [0.4, 0.5) is 4.39 Å². The molecule has 0 aromatic heterocycles. The first-order valence-corrected chi connectivity index (χ1v) is 7.64. The molecule has 132 valence electrons. The summed E-state index contributed by atoms with van der Waals surface area (Å²) in [5, 5.41) is 0.473. The van der Waals surface area contributed by atoms with Crippen molar-refractivity contribution in [3.63, 3.8) is 0 Å². The molecule has 8 heteroatoms. The molecule has 2 N–H and O–H groups in total. The number of rotatable bonds is 6. The number of carbonyl (C=O) groups is 2. The van der Waals surface area contributed by atoms with Gasteiger partial charge in [0.25, 0.3) is 5.91 Å². The number of benzene rings is 2. The molecule has 0 radical (unpaired) electrons. The van der Waals surface area contributed by atoms with Gasteiger partial charge >= 0.3 is 0 Å². The number of carbonyl (C=O) groups excluding carboxylic acids is 2. The first kappa shape index (κ1) is 18.5. The zero-order chi connectivity index (χ0) is 18.2. The number of hydrogen-bond donors (Lipinski definition) is 2. The molecule has 2 rings (SSSR count). The highest BCUT2D eigenvalue weighted by Crippen LogP contribution is 2.22. The van der Waals surface area contributed by atoms with Crippen LogP contribution in [0.1, 0.15) is 5.56 Å². The number of nitrogens with one attached hydrogen (secondary N) is 2. The van der Waals surface area contributed by atoms with Crippen LogP contribution in [0.15, 0.2) is 42.5 Å². The summed E-state index contributed by atoms with van der Waals surface area (Å²) < 4.78 is 23.1. The van der Waals surface area contributed by atoms with Crippen molar-refractivity contribution in [3.8, 4) is 11.5 Å². The smallest absolute Gasteiger partial charge is 0.276 e. The molecule has 0 aliphatic heterocycles. The summed E-state index contributed by atoms with van der Waals surface area (Å²) in [6.45, 7) is -0.327. The van der Waals surface area contributed by atoms with E-state index < -0.39 is 17.6 Å². The van der Waals surface area contributed by atoms with Crippen molar-refractivity contribution in [2.24, 2.45) is 0 Å². The minimum absolute atomic E-state index is 0.0250. The Hall–Kier alpha value is -2.80. The number of ether oxygens (including phenoxy) is 2. The molecule has 2 aromatic rings. The topological polar surface area (TPSA) is 76.7 Å². The van der Waals surface area contributed by atoms with Gasteiger partial charge in [-0.25, -0.2) is 4.39 Å². The van der Waals surface area contributed by atoms with Crippen molar-refractivity contribution >= 4 is 23.4 Å². The summed E-state index contributed by atoms with van der Waals surface area (Å²) in [4.78, 5) is 23.5. The zero-order valence-electron chi connectivity index (χ0n) is 13.3. The second-order valence-corrected chi connectivity index (χ2v) is 5.41.